The number of hydrogen-bond acceptors (Lipinski definition) is 5. The quantitative estimate of drug-likeness (QED) is 0.907. The van der Waals surface area contributed by atoms with Gasteiger partial charge >= 0.3 is 0 Å². The standard InChI is InChI=1S/C21H21FN4O/c22-19-5-3-17(4-6-19)18-9-11-26(12-10-18)21-23-14-25(15-24-21)13-16-1-7-20(27)8-2-16/h1-9,14,27H,10-13,15H2. The zero-order chi connectivity index (χ0) is 18.6. The minimum absolute atomic E-state index is 0.209. The Bertz CT molecular complexity index is 887. The molecule has 0 atom stereocenters. The Kier molecular flexibility index (Phi) is 4.87. The molecule has 0 spiro atoms. The number of guanidine groups is 1. The molecule has 0 amide bonds. The summed E-state index contributed by atoms with van der Waals surface area (Å²) in [6.45, 7) is 2.86. The topological polar surface area (TPSA) is 51.4 Å². The molecule has 0 aliphatic carbocycles. The number of halogens is 1. The number of hydrogen-bond donors (Lipinski definition) is 1. The lowest BCUT2D eigenvalue weighted by Gasteiger charge is -2.30. The molecule has 2 aromatic rings. The fraction of sp³-hybridized carbons (Fsp3) is 0.238. The van der Waals surface area contributed by atoms with E-state index in [1.54, 1.807) is 12.1 Å². The van der Waals surface area contributed by atoms with Crippen LogP contribution in [0.4, 0.5) is 4.39 Å². The highest BCUT2D eigenvalue weighted by atomic mass is 19.1. The summed E-state index contributed by atoms with van der Waals surface area (Å²) in [5.74, 6) is 0.815. The second kappa shape index (κ2) is 7.61. The summed E-state index contributed by atoms with van der Waals surface area (Å²) in [6, 6.07) is 13.8. The maximum atomic E-state index is 13.1. The van der Waals surface area contributed by atoms with Crippen molar-refractivity contribution < 1.29 is 9.50 Å². The van der Waals surface area contributed by atoms with Crippen molar-refractivity contribution in [3.05, 3.63) is 71.6 Å². The van der Waals surface area contributed by atoms with Crippen molar-refractivity contribution in [3.63, 3.8) is 0 Å². The lowest BCUT2D eigenvalue weighted by molar-refractivity contribution is 0.406. The number of phenolic OH excluding ortho intramolecular Hbond substituents is 1. The van der Waals surface area contributed by atoms with E-state index in [9.17, 15) is 9.50 Å². The van der Waals surface area contributed by atoms with Crippen molar-refractivity contribution >= 4 is 17.9 Å². The highest BCUT2D eigenvalue weighted by Gasteiger charge is 2.18. The van der Waals surface area contributed by atoms with Gasteiger partial charge in [-0.2, -0.15) is 0 Å². The van der Waals surface area contributed by atoms with E-state index in [4.69, 9.17) is 0 Å². The Morgan fingerprint density at radius 1 is 1.04 bits per heavy atom. The molecule has 0 fully saturated rings. The Morgan fingerprint density at radius 2 is 1.81 bits per heavy atom. The smallest absolute Gasteiger partial charge is 0.224 e. The van der Waals surface area contributed by atoms with Gasteiger partial charge in [-0.3, -0.25) is 0 Å². The van der Waals surface area contributed by atoms with Crippen molar-refractivity contribution in [2.75, 3.05) is 19.8 Å². The van der Waals surface area contributed by atoms with Crippen LogP contribution in [0.15, 0.2) is 64.6 Å². The van der Waals surface area contributed by atoms with Gasteiger partial charge in [0.2, 0.25) is 5.96 Å². The van der Waals surface area contributed by atoms with Crippen molar-refractivity contribution in [2.24, 2.45) is 9.98 Å². The molecule has 0 bridgehead atoms. The van der Waals surface area contributed by atoms with Crippen LogP contribution in [0.2, 0.25) is 0 Å². The van der Waals surface area contributed by atoms with Gasteiger partial charge in [0.05, 0.1) is 6.34 Å². The van der Waals surface area contributed by atoms with Crippen molar-refractivity contribution in [1.82, 2.24) is 9.80 Å². The molecule has 0 aromatic heterocycles. The summed E-state index contributed by atoms with van der Waals surface area (Å²) in [6.07, 6.45) is 4.88. The summed E-state index contributed by atoms with van der Waals surface area (Å²) >= 11 is 0. The first-order valence-electron chi connectivity index (χ1n) is 8.98. The van der Waals surface area contributed by atoms with Crippen LogP contribution in [-0.4, -0.2) is 47.0 Å². The molecule has 2 aromatic carbocycles. The Hall–Kier alpha value is -3.15. The van der Waals surface area contributed by atoms with Gasteiger partial charge in [0.1, 0.15) is 18.2 Å². The maximum Gasteiger partial charge on any atom is 0.224 e. The largest absolute Gasteiger partial charge is 0.508 e. The SMILES string of the molecule is Oc1ccc(CN2C=NC(N3CC=C(c4ccc(F)cc4)CC3)=NC2)cc1. The van der Waals surface area contributed by atoms with Crippen LogP contribution in [0.3, 0.4) is 0 Å². The Morgan fingerprint density at radius 3 is 2.44 bits per heavy atom. The van der Waals surface area contributed by atoms with E-state index in [0.29, 0.717) is 13.2 Å². The zero-order valence-electron chi connectivity index (χ0n) is 14.9. The fourth-order valence-corrected chi connectivity index (χ4v) is 3.25. The lowest BCUT2D eigenvalue weighted by Crippen LogP contribution is -2.37. The molecule has 5 nitrogen and oxygen atoms in total. The van der Waals surface area contributed by atoms with Gasteiger partial charge in [0.15, 0.2) is 0 Å². The highest BCUT2D eigenvalue weighted by Crippen LogP contribution is 2.23. The van der Waals surface area contributed by atoms with E-state index in [0.717, 1.165) is 36.6 Å². The summed E-state index contributed by atoms with van der Waals surface area (Å²) in [7, 11) is 0. The number of aliphatic imine (C=N–C) groups is 2. The summed E-state index contributed by atoms with van der Waals surface area (Å²) in [5.41, 5.74) is 3.41. The van der Waals surface area contributed by atoms with Crippen LogP contribution >= 0.6 is 0 Å². The van der Waals surface area contributed by atoms with Crippen molar-refractivity contribution in [3.8, 4) is 5.75 Å². The summed E-state index contributed by atoms with van der Waals surface area (Å²) < 4.78 is 13.1. The third-order valence-corrected chi connectivity index (χ3v) is 4.76. The molecular formula is C21H21FN4O. The molecule has 2 heterocycles. The molecule has 2 aliphatic heterocycles. The predicted molar refractivity (Wildman–Crippen MR) is 105 cm³/mol. The molecule has 6 heteroatoms. The molecule has 0 radical (unpaired) electrons. The predicted octanol–water partition coefficient (Wildman–Crippen LogP) is 3.48. The molecule has 27 heavy (non-hydrogen) atoms. The lowest BCUT2D eigenvalue weighted by atomic mass is 10.00. The molecule has 0 unspecified atom stereocenters. The molecular weight excluding hydrogens is 343 g/mol. The van der Waals surface area contributed by atoms with E-state index < -0.39 is 0 Å². The second-order valence-electron chi connectivity index (χ2n) is 6.69. The fourth-order valence-electron chi connectivity index (χ4n) is 3.25. The van der Waals surface area contributed by atoms with E-state index >= 15 is 0 Å². The number of rotatable bonds is 3. The second-order valence-corrected chi connectivity index (χ2v) is 6.69. The summed E-state index contributed by atoms with van der Waals surface area (Å²) in [4.78, 5) is 13.3. The molecule has 138 valence electrons. The van der Waals surface area contributed by atoms with E-state index in [2.05, 4.69) is 21.0 Å². The number of phenols is 1. The number of aromatic hydroxyl groups is 1. The van der Waals surface area contributed by atoms with Gasteiger partial charge in [0, 0.05) is 19.6 Å². The molecule has 4 rings (SSSR count). The average Bonchev–Trinajstić information content (AvgIpc) is 2.71. The normalized spacial score (nSPS) is 16.9. The van der Waals surface area contributed by atoms with Gasteiger partial charge < -0.3 is 14.9 Å². The molecule has 0 saturated carbocycles. The van der Waals surface area contributed by atoms with E-state index in [1.807, 2.05) is 35.5 Å². The zero-order valence-corrected chi connectivity index (χ0v) is 14.9. The van der Waals surface area contributed by atoms with E-state index in [1.165, 1.54) is 17.7 Å². The average molecular weight is 364 g/mol. The molecule has 1 N–H and O–H groups in total. The minimum atomic E-state index is -0.209. The van der Waals surface area contributed by atoms with Gasteiger partial charge in [0.25, 0.3) is 0 Å². The van der Waals surface area contributed by atoms with Crippen LogP contribution in [0.5, 0.6) is 5.75 Å². The van der Waals surface area contributed by atoms with Gasteiger partial charge in [-0.05, 0) is 47.4 Å². The first-order chi connectivity index (χ1) is 13.2. The first kappa shape index (κ1) is 17.3. The van der Waals surface area contributed by atoms with Gasteiger partial charge in [-0.15, -0.1) is 0 Å². The Balaban J connectivity index is 1.34. The highest BCUT2D eigenvalue weighted by molar-refractivity contribution is 5.89. The van der Waals surface area contributed by atoms with Crippen molar-refractivity contribution in [1.29, 1.82) is 0 Å². The van der Waals surface area contributed by atoms with E-state index in [-0.39, 0.29) is 11.6 Å². The molecule has 0 saturated heterocycles. The third-order valence-electron chi connectivity index (χ3n) is 4.76. The summed E-state index contributed by atoms with van der Waals surface area (Å²) in [5, 5.41) is 9.36. The minimum Gasteiger partial charge on any atom is -0.508 e. The van der Waals surface area contributed by atoms with Crippen LogP contribution in [0, 0.1) is 5.82 Å². The van der Waals surface area contributed by atoms with Crippen molar-refractivity contribution in [2.45, 2.75) is 13.0 Å². The maximum absolute atomic E-state index is 13.1. The van der Waals surface area contributed by atoms with Crippen LogP contribution in [0.25, 0.3) is 5.57 Å². The molecule has 2 aliphatic rings. The first-order valence-corrected chi connectivity index (χ1v) is 8.98. The number of nitrogens with zero attached hydrogens (tertiary/aromatic N) is 4. The monoisotopic (exact) mass is 364 g/mol. The Labute approximate surface area is 157 Å². The van der Waals surface area contributed by atoms with Gasteiger partial charge in [-0.25, -0.2) is 14.4 Å². The van der Waals surface area contributed by atoms with Crippen LogP contribution < -0.4 is 0 Å². The van der Waals surface area contributed by atoms with Crippen LogP contribution in [0.1, 0.15) is 17.5 Å². The number of benzene rings is 2. The van der Waals surface area contributed by atoms with Crippen LogP contribution in [-0.2, 0) is 6.54 Å². The third kappa shape index (κ3) is 4.16. The van der Waals surface area contributed by atoms with Gasteiger partial charge in [-0.1, -0.05) is 30.3 Å².